The highest BCUT2D eigenvalue weighted by atomic mass is 31.1. The van der Waals surface area contributed by atoms with Crippen molar-refractivity contribution in [3.63, 3.8) is 0 Å². The first-order valence-electron chi connectivity index (χ1n) is 9.84. The largest absolute Gasteiger partial charge is 0.478 e. The van der Waals surface area contributed by atoms with Gasteiger partial charge in [0.05, 0.1) is 6.04 Å². The van der Waals surface area contributed by atoms with Crippen LogP contribution in [0.4, 0.5) is 0 Å². The maximum absolute atomic E-state index is 6.12. The fourth-order valence-corrected chi connectivity index (χ4v) is 7.33. The van der Waals surface area contributed by atoms with Gasteiger partial charge >= 0.3 is 0 Å². The van der Waals surface area contributed by atoms with Gasteiger partial charge in [-0.05, 0) is 42.9 Å². The van der Waals surface area contributed by atoms with Crippen LogP contribution < -0.4 is 10.6 Å². The molecule has 26 heavy (non-hydrogen) atoms. The van der Waals surface area contributed by atoms with Crippen LogP contribution in [0.5, 0.6) is 0 Å². The lowest BCUT2D eigenvalue weighted by Crippen LogP contribution is -2.29. The van der Waals surface area contributed by atoms with E-state index in [1.54, 1.807) is 0 Å². The van der Waals surface area contributed by atoms with E-state index >= 15 is 0 Å². The molecule has 1 heterocycles. The highest BCUT2D eigenvalue weighted by Crippen LogP contribution is 2.51. The smallest absolute Gasteiger partial charge is 0.187 e. The van der Waals surface area contributed by atoms with Gasteiger partial charge in [-0.15, -0.1) is 0 Å². The van der Waals surface area contributed by atoms with Gasteiger partial charge in [-0.3, -0.25) is 0 Å². The van der Waals surface area contributed by atoms with Crippen LogP contribution in [0.3, 0.4) is 0 Å². The molecular formula is C23H28NOP. The molecule has 0 bridgehead atoms. The fourth-order valence-electron chi connectivity index (χ4n) is 4.20. The quantitative estimate of drug-likeness (QED) is 0.701. The predicted molar refractivity (Wildman–Crippen MR) is 112 cm³/mol. The van der Waals surface area contributed by atoms with Gasteiger partial charge in [-0.25, -0.2) is 4.99 Å². The maximum Gasteiger partial charge on any atom is 0.187 e. The Hall–Kier alpha value is -1.66. The average molecular weight is 365 g/mol. The van der Waals surface area contributed by atoms with Gasteiger partial charge in [-0.1, -0.05) is 80.9 Å². The van der Waals surface area contributed by atoms with Crippen LogP contribution in [0, 0.1) is 11.8 Å². The molecule has 0 N–H and O–H groups in total. The molecular weight excluding hydrogens is 337 g/mol. The lowest BCUT2D eigenvalue weighted by Gasteiger charge is -2.29. The van der Waals surface area contributed by atoms with Crippen LogP contribution in [-0.2, 0) is 4.74 Å². The highest BCUT2D eigenvalue weighted by Gasteiger charge is 2.40. The van der Waals surface area contributed by atoms with E-state index in [0.717, 1.165) is 12.5 Å². The van der Waals surface area contributed by atoms with Gasteiger partial charge in [0.25, 0.3) is 0 Å². The van der Waals surface area contributed by atoms with Crippen molar-refractivity contribution in [2.75, 3.05) is 6.61 Å². The third-order valence-corrected chi connectivity index (χ3v) is 8.65. The molecule has 4 rings (SSSR count). The van der Waals surface area contributed by atoms with Gasteiger partial charge < -0.3 is 4.74 Å². The van der Waals surface area contributed by atoms with E-state index in [1.165, 1.54) is 29.9 Å². The molecule has 136 valence electrons. The van der Waals surface area contributed by atoms with E-state index < -0.39 is 7.92 Å². The molecule has 1 aliphatic carbocycles. The number of rotatable bonds is 5. The zero-order valence-corrected chi connectivity index (χ0v) is 16.6. The summed E-state index contributed by atoms with van der Waals surface area (Å²) in [7, 11) is -0.398. The second-order valence-corrected chi connectivity index (χ2v) is 10.2. The van der Waals surface area contributed by atoms with Gasteiger partial charge in [0.2, 0.25) is 0 Å². The molecule has 2 nitrogen and oxygen atoms in total. The summed E-state index contributed by atoms with van der Waals surface area (Å²) in [5.74, 6) is 2.08. The Labute approximate surface area is 158 Å². The number of ether oxygens (including phenoxy) is 1. The van der Waals surface area contributed by atoms with Crippen molar-refractivity contribution >= 4 is 24.4 Å². The molecule has 2 aromatic rings. The molecule has 2 aromatic carbocycles. The van der Waals surface area contributed by atoms with Gasteiger partial charge in [0.15, 0.2) is 5.90 Å². The predicted octanol–water partition coefficient (Wildman–Crippen LogP) is 4.74. The van der Waals surface area contributed by atoms with E-state index in [1.807, 2.05) is 0 Å². The van der Waals surface area contributed by atoms with Gasteiger partial charge in [0.1, 0.15) is 6.61 Å². The highest BCUT2D eigenvalue weighted by molar-refractivity contribution is 7.73. The van der Waals surface area contributed by atoms with Crippen molar-refractivity contribution in [1.82, 2.24) is 0 Å². The Kier molecular flexibility index (Phi) is 5.41. The normalized spacial score (nSPS) is 25.5. The summed E-state index contributed by atoms with van der Waals surface area (Å²) < 4.78 is 6.12. The van der Waals surface area contributed by atoms with Crippen molar-refractivity contribution in [1.29, 1.82) is 0 Å². The number of hydrogen-bond donors (Lipinski definition) is 0. The summed E-state index contributed by atoms with van der Waals surface area (Å²) in [6, 6.07) is 22.5. The second-order valence-electron chi connectivity index (χ2n) is 7.74. The van der Waals surface area contributed by atoms with E-state index in [2.05, 4.69) is 74.5 Å². The second kappa shape index (κ2) is 7.92. The van der Waals surface area contributed by atoms with E-state index in [-0.39, 0.29) is 0 Å². The molecule has 0 amide bonds. The standard InChI is InChI=1S/C23H28NOP/c1-17(2)21-16-25-23(24-21)20-14-9-15-22(20)26(18-10-5-3-6-11-18)19-12-7-4-8-13-19/h3-8,10-13,17,20-22H,9,14-16H2,1-2H3/t20?,21-,22-/m1/s1. The minimum Gasteiger partial charge on any atom is -0.478 e. The molecule has 3 heteroatoms. The van der Waals surface area contributed by atoms with Gasteiger partial charge in [-0.2, -0.15) is 0 Å². The first-order valence-corrected chi connectivity index (χ1v) is 11.2. The third kappa shape index (κ3) is 3.58. The minimum atomic E-state index is -0.398. The molecule has 3 atom stereocenters. The van der Waals surface area contributed by atoms with Crippen molar-refractivity contribution in [3.8, 4) is 0 Å². The molecule has 1 fully saturated rings. The molecule has 0 radical (unpaired) electrons. The van der Waals surface area contributed by atoms with Crippen LogP contribution >= 0.6 is 7.92 Å². The summed E-state index contributed by atoms with van der Waals surface area (Å²) in [5, 5.41) is 2.95. The van der Waals surface area contributed by atoms with Crippen molar-refractivity contribution in [2.45, 2.75) is 44.8 Å². The minimum absolute atomic E-state index is 0.339. The zero-order valence-electron chi connectivity index (χ0n) is 15.7. The third-order valence-electron chi connectivity index (χ3n) is 5.66. The Morgan fingerprint density at radius 3 is 2.08 bits per heavy atom. The SMILES string of the molecule is CC(C)[C@H]1COC(C2CCC[C@H]2P(c2ccccc2)c2ccccc2)=N1. The van der Waals surface area contributed by atoms with Crippen molar-refractivity contribution < 1.29 is 4.74 Å². The fraction of sp³-hybridized carbons (Fsp3) is 0.435. The number of aliphatic imine (C=N–C) groups is 1. The lowest BCUT2D eigenvalue weighted by atomic mass is 10.1. The Bertz CT molecular complexity index is 704. The average Bonchev–Trinajstić information content (AvgIpc) is 3.33. The molecule has 1 aliphatic heterocycles. The zero-order chi connectivity index (χ0) is 17.9. The Balaban J connectivity index is 1.68. The molecule has 0 spiro atoms. The van der Waals surface area contributed by atoms with Gasteiger partial charge in [0, 0.05) is 5.92 Å². The summed E-state index contributed by atoms with van der Waals surface area (Å²) in [5.41, 5.74) is 0.625. The van der Waals surface area contributed by atoms with Crippen LogP contribution in [-0.4, -0.2) is 24.2 Å². The maximum atomic E-state index is 6.12. The number of hydrogen-bond acceptors (Lipinski definition) is 2. The van der Waals surface area contributed by atoms with Crippen LogP contribution in [0.15, 0.2) is 65.7 Å². The molecule has 1 saturated carbocycles. The van der Waals surface area contributed by atoms with E-state index in [4.69, 9.17) is 9.73 Å². The van der Waals surface area contributed by atoms with Crippen molar-refractivity contribution in [3.05, 3.63) is 60.7 Å². The number of benzene rings is 2. The Morgan fingerprint density at radius 2 is 1.54 bits per heavy atom. The summed E-state index contributed by atoms with van der Waals surface area (Å²) in [6.07, 6.45) is 3.77. The summed E-state index contributed by atoms with van der Waals surface area (Å²) in [4.78, 5) is 4.99. The monoisotopic (exact) mass is 365 g/mol. The van der Waals surface area contributed by atoms with Crippen LogP contribution in [0.25, 0.3) is 0 Å². The molecule has 0 saturated heterocycles. The first kappa shape index (κ1) is 17.7. The molecule has 0 aromatic heterocycles. The van der Waals surface area contributed by atoms with Crippen LogP contribution in [0.2, 0.25) is 0 Å². The first-order chi connectivity index (χ1) is 12.7. The molecule has 2 aliphatic rings. The van der Waals surface area contributed by atoms with E-state index in [0.29, 0.717) is 23.5 Å². The summed E-state index contributed by atoms with van der Waals surface area (Å²) in [6.45, 7) is 5.26. The summed E-state index contributed by atoms with van der Waals surface area (Å²) >= 11 is 0. The lowest BCUT2D eigenvalue weighted by molar-refractivity contribution is 0.277. The Morgan fingerprint density at radius 1 is 0.923 bits per heavy atom. The molecule has 1 unspecified atom stereocenters. The topological polar surface area (TPSA) is 21.6 Å². The van der Waals surface area contributed by atoms with Crippen molar-refractivity contribution in [2.24, 2.45) is 16.8 Å². The van der Waals surface area contributed by atoms with E-state index in [9.17, 15) is 0 Å². The number of nitrogens with zero attached hydrogens (tertiary/aromatic N) is 1. The van der Waals surface area contributed by atoms with Crippen LogP contribution in [0.1, 0.15) is 33.1 Å².